The first kappa shape index (κ1) is 15.1. The Morgan fingerprint density at radius 2 is 1.70 bits per heavy atom. The monoisotopic (exact) mass is 320 g/mol. The maximum atomic E-state index is 13.5. The van der Waals surface area contributed by atoms with Crippen LogP contribution in [0.2, 0.25) is 0 Å². The van der Waals surface area contributed by atoms with Gasteiger partial charge in [-0.1, -0.05) is 6.07 Å². The van der Waals surface area contributed by atoms with E-state index >= 15 is 0 Å². The lowest BCUT2D eigenvalue weighted by molar-refractivity contribution is 0.0844. The Hall–Kier alpha value is -2.83. The molecule has 2 aromatic rings. The summed E-state index contributed by atoms with van der Waals surface area (Å²) in [5.74, 6) is -5.95. The molecule has 3 rings (SSSR count). The van der Waals surface area contributed by atoms with Crippen LogP contribution in [0.1, 0.15) is 26.3 Å². The smallest absolute Gasteiger partial charge is 0.264 e. The molecule has 7 heteroatoms. The normalized spacial score (nSPS) is 12.5. The van der Waals surface area contributed by atoms with E-state index in [1.54, 1.807) is 12.1 Å². The van der Waals surface area contributed by atoms with E-state index in [-0.39, 0.29) is 5.56 Å². The molecule has 4 nitrogen and oxygen atoms in total. The molecule has 0 aliphatic carbocycles. The predicted molar refractivity (Wildman–Crippen MR) is 76.7 cm³/mol. The second-order valence-corrected chi connectivity index (χ2v) is 5.08. The third-order valence-corrected chi connectivity index (χ3v) is 3.54. The highest BCUT2D eigenvalue weighted by atomic mass is 19.1. The van der Waals surface area contributed by atoms with Crippen LogP contribution < -0.4 is 10.6 Å². The zero-order valence-corrected chi connectivity index (χ0v) is 11.8. The number of benzene rings is 2. The number of halogens is 3. The van der Waals surface area contributed by atoms with Gasteiger partial charge in [-0.15, -0.1) is 0 Å². The van der Waals surface area contributed by atoms with Gasteiger partial charge in [0, 0.05) is 29.9 Å². The summed E-state index contributed by atoms with van der Waals surface area (Å²) in [6.07, 6.45) is 0.835. The van der Waals surface area contributed by atoms with Gasteiger partial charge in [-0.3, -0.25) is 14.9 Å². The summed E-state index contributed by atoms with van der Waals surface area (Å²) in [7, 11) is 0. The summed E-state index contributed by atoms with van der Waals surface area (Å²) in [5, 5.41) is 4.97. The predicted octanol–water partition coefficient (Wildman–Crippen LogP) is 2.64. The molecule has 0 saturated heterocycles. The van der Waals surface area contributed by atoms with Crippen LogP contribution in [-0.4, -0.2) is 18.4 Å². The Bertz CT molecular complexity index is 798. The highest BCUT2D eigenvalue weighted by Crippen LogP contribution is 2.23. The molecule has 1 aliphatic heterocycles. The average Bonchev–Trinajstić information content (AvgIpc) is 2.93. The summed E-state index contributed by atoms with van der Waals surface area (Å²) < 4.78 is 39.9. The number of carbonyl (C=O) groups excluding carboxylic acids is 2. The second-order valence-electron chi connectivity index (χ2n) is 5.08. The van der Waals surface area contributed by atoms with Crippen molar-refractivity contribution in [2.45, 2.75) is 6.42 Å². The van der Waals surface area contributed by atoms with Crippen LogP contribution in [0.5, 0.6) is 0 Å². The number of fused-ring (bicyclic) bond motifs is 1. The maximum Gasteiger partial charge on any atom is 0.264 e. The van der Waals surface area contributed by atoms with Crippen LogP contribution in [0.3, 0.4) is 0 Å². The van der Waals surface area contributed by atoms with Crippen molar-refractivity contribution in [3.8, 4) is 0 Å². The minimum absolute atomic E-state index is 0.175. The van der Waals surface area contributed by atoms with Crippen LogP contribution in [0.4, 0.5) is 18.9 Å². The molecule has 0 radical (unpaired) electrons. The first-order chi connectivity index (χ1) is 11.0. The number of hydrogen-bond acceptors (Lipinski definition) is 3. The molecule has 1 heterocycles. The molecular weight excluding hydrogens is 309 g/mol. The van der Waals surface area contributed by atoms with Crippen LogP contribution >= 0.6 is 0 Å². The Morgan fingerprint density at radius 3 is 2.39 bits per heavy atom. The molecule has 118 valence electrons. The van der Waals surface area contributed by atoms with Crippen molar-refractivity contribution < 1.29 is 22.8 Å². The van der Waals surface area contributed by atoms with Gasteiger partial charge in [-0.05, 0) is 24.1 Å². The molecule has 2 amide bonds. The van der Waals surface area contributed by atoms with Crippen molar-refractivity contribution in [3.05, 3.63) is 64.5 Å². The molecule has 0 fully saturated rings. The van der Waals surface area contributed by atoms with Crippen molar-refractivity contribution in [2.24, 2.45) is 0 Å². The van der Waals surface area contributed by atoms with E-state index < -0.39 is 34.8 Å². The highest BCUT2D eigenvalue weighted by molar-refractivity contribution is 6.10. The zero-order valence-electron chi connectivity index (χ0n) is 11.8. The summed E-state index contributed by atoms with van der Waals surface area (Å²) in [4.78, 5) is 23.9. The van der Waals surface area contributed by atoms with Gasteiger partial charge in [0.05, 0.1) is 0 Å². The standard InChI is InChI=1S/C16H11F3N2O2/c17-10-6-11(18)14(12(19)7-10)16(23)21-15(22)9-2-1-8-3-4-20-13(8)5-9/h1-2,5-7,20H,3-4H2,(H,21,22,23). The summed E-state index contributed by atoms with van der Waals surface area (Å²) >= 11 is 0. The lowest BCUT2D eigenvalue weighted by Gasteiger charge is -2.08. The molecule has 0 unspecified atom stereocenters. The topological polar surface area (TPSA) is 58.2 Å². The third-order valence-electron chi connectivity index (χ3n) is 3.54. The van der Waals surface area contributed by atoms with E-state index in [4.69, 9.17) is 0 Å². The maximum absolute atomic E-state index is 13.5. The van der Waals surface area contributed by atoms with Crippen molar-refractivity contribution in [3.63, 3.8) is 0 Å². The molecule has 23 heavy (non-hydrogen) atoms. The Labute approximate surface area is 129 Å². The molecule has 0 aromatic heterocycles. The summed E-state index contributed by atoms with van der Waals surface area (Å²) in [5.41, 5.74) is 1.00. The first-order valence-electron chi connectivity index (χ1n) is 6.83. The number of amides is 2. The van der Waals surface area contributed by atoms with Gasteiger partial charge in [-0.2, -0.15) is 0 Å². The molecule has 0 spiro atoms. The number of hydrogen-bond donors (Lipinski definition) is 2. The van der Waals surface area contributed by atoms with Crippen LogP contribution in [-0.2, 0) is 6.42 Å². The largest absolute Gasteiger partial charge is 0.384 e. The quantitative estimate of drug-likeness (QED) is 0.837. The molecule has 2 N–H and O–H groups in total. The van der Waals surface area contributed by atoms with Gasteiger partial charge in [0.15, 0.2) is 0 Å². The lowest BCUT2D eigenvalue weighted by Crippen LogP contribution is -2.32. The molecule has 0 bridgehead atoms. The summed E-state index contributed by atoms with van der Waals surface area (Å²) in [6.45, 7) is 0.755. The molecule has 2 aromatic carbocycles. The molecule has 0 saturated carbocycles. The van der Waals surface area contributed by atoms with Gasteiger partial charge in [-0.25, -0.2) is 13.2 Å². The van der Waals surface area contributed by atoms with E-state index in [9.17, 15) is 22.8 Å². The van der Waals surface area contributed by atoms with Crippen LogP contribution in [0.15, 0.2) is 30.3 Å². The highest BCUT2D eigenvalue weighted by Gasteiger charge is 2.22. The molecular formula is C16H11F3N2O2. The number of nitrogens with one attached hydrogen (secondary N) is 2. The van der Waals surface area contributed by atoms with Gasteiger partial charge in [0.25, 0.3) is 11.8 Å². The minimum atomic E-state index is -1.37. The summed E-state index contributed by atoms with van der Waals surface area (Å²) in [6, 6.07) is 5.57. The van der Waals surface area contributed by atoms with Gasteiger partial charge in [0.2, 0.25) is 0 Å². The second kappa shape index (κ2) is 5.75. The van der Waals surface area contributed by atoms with E-state index in [0.717, 1.165) is 24.2 Å². The SMILES string of the molecule is O=C(NC(=O)c1c(F)cc(F)cc1F)c1ccc2c(c1)NCC2. The molecule has 1 aliphatic rings. The van der Waals surface area contributed by atoms with Gasteiger partial charge < -0.3 is 5.32 Å². The van der Waals surface area contributed by atoms with Crippen molar-refractivity contribution in [1.29, 1.82) is 0 Å². The fourth-order valence-electron chi connectivity index (χ4n) is 2.43. The van der Waals surface area contributed by atoms with Gasteiger partial charge in [0.1, 0.15) is 23.0 Å². The Morgan fingerprint density at radius 1 is 1.00 bits per heavy atom. The Kier molecular flexibility index (Phi) is 3.77. The minimum Gasteiger partial charge on any atom is -0.384 e. The number of anilines is 1. The van der Waals surface area contributed by atoms with E-state index in [1.807, 2.05) is 5.32 Å². The van der Waals surface area contributed by atoms with Crippen molar-refractivity contribution in [2.75, 3.05) is 11.9 Å². The zero-order chi connectivity index (χ0) is 16.6. The first-order valence-corrected chi connectivity index (χ1v) is 6.83. The van der Waals surface area contributed by atoms with Crippen molar-refractivity contribution >= 4 is 17.5 Å². The fourth-order valence-corrected chi connectivity index (χ4v) is 2.43. The Balaban J connectivity index is 1.82. The number of imide groups is 1. The lowest BCUT2D eigenvalue weighted by atomic mass is 10.1. The average molecular weight is 320 g/mol. The third kappa shape index (κ3) is 2.90. The van der Waals surface area contributed by atoms with Crippen LogP contribution in [0.25, 0.3) is 0 Å². The number of carbonyl (C=O) groups is 2. The van der Waals surface area contributed by atoms with Gasteiger partial charge >= 0.3 is 0 Å². The van der Waals surface area contributed by atoms with E-state index in [1.165, 1.54) is 6.07 Å². The number of rotatable bonds is 2. The van der Waals surface area contributed by atoms with Crippen molar-refractivity contribution in [1.82, 2.24) is 5.32 Å². The van der Waals surface area contributed by atoms with E-state index in [2.05, 4.69) is 5.32 Å². The fraction of sp³-hybridized carbons (Fsp3) is 0.125. The molecule has 0 atom stereocenters. The van der Waals surface area contributed by atoms with Crippen LogP contribution in [0, 0.1) is 17.5 Å². The van der Waals surface area contributed by atoms with E-state index in [0.29, 0.717) is 12.1 Å².